The van der Waals surface area contributed by atoms with Gasteiger partial charge < -0.3 is 5.11 Å². The van der Waals surface area contributed by atoms with Gasteiger partial charge >= 0.3 is 6.18 Å². The maximum atomic E-state index is 13.7. The number of alkyl halides is 3. The lowest BCUT2D eigenvalue weighted by molar-refractivity contribution is -0.137. The molecule has 21 heavy (non-hydrogen) atoms. The molecular formula is C15H17F4NO. The molecule has 116 valence electrons. The van der Waals surface area contributed by atoms with E-state index in [1.165, 1.54) is 0 Å². The fourth-order valence-electron chi connectivity index (χ4n) is 3.61. The Hall–Kier alpha value is -1.14. The molecule has 1 aromatic rings. The molecule has 1 aliphatic heterocycles. The van der Waals surface area contributed by atoms with E-state index in [1.54, 1.807) is 0 Å². The minimum absolute atomic E-state index is 0.0883. The van der Waals surface area contributed by atoms with Crippen LogP contribution in [-0.2, 0) is 12.7 Å². The van der Waals surface area contributed by atoms with Gasteiger partial charge in [-0.05, 0) is 42.9 Å². The van der Waals surface area contributed by atoms with E-state index in [1.807, 2.05) is 4.90 Å². The third-order valence-electron chi connectivity index (χ3n) is 4.57. The van der Waals surface area contributed by atoms with Gasteiger partial charge in [-0.25, -0.2) is 4.39 Å². The smallest absolute Gasteiger partial charge is 0.393 e. The van der Waals surface area contributed by atoms with Crippen LogP contribution in [0, 0.1) is 17.7 Å². The molecule has 2 fully saturated rings. The fourth-order valence-corrected chi connectivity index (χ4v) is 3.61. The van der Waals surface area contributed by atoms with E-state index in [4.69, 9.17) is 0 Å². The Morgan fingerprint density at radius 2 is 1.76 bits per heavy atom. The van der Waals surface area contributed by atoms with Crippen molar-refractivity contribution in [1.29, 1.82) is 0 Å². The van der Waals surface area contributed by atoms with Gasteiger partial charge in [0.15, 0.2) is 0 Å². The molecular weight excluding hydrogens is 286 g/mol. The van der Waals surface area contributed by atoms with Gasteiger partial charge in [-0.3, -0.25) is 4.90 Å². The van der Waals surface area contributed by atoms with Gasteiger partial charge in [0.1, 0.15) is 5.82 Å². The van der Waals surface area contributed by atoms with Gasteiger partial charge in [-0.2, -0.15) is 13.2 Å². The molecule has 0 amide bonds. The van der Waals surface area contributed by atoms with Crippen LogP contribution in [0.2, 0.25) is 0 Å². The Balaban J connectivity index is 1.71. The molecule has 0 aromatic heterocycles. The Morgan fingerprint density at radius 1 is 1.14 bits per heavy atom. The van der Waals surface area contributed by atoms with Crippen molar-refractivity contribution in [3.05, 3.63) is 35.1 Å². The van der Waals surface area contributed by atoms with E-state index in [9.17, 15) is 22.7 Å². The summed E-state index contributed by atoms with van der Waals surface area (Å²) >= 11 is 0. The SMILES string of the molecule is OC1C[C@@H]2CN(Cc3cc(C(F)(F)F)ccc3F)C[C@@H]2C1. The normalized spacial score (nSPS) is 29.9. The van der Waals surface area contributed by atoms with E-state index in [2.05, 4.69) is 0 Å². The first-order valence-corrected chi connectivity index (χ1v) is 7.09. The summed E-state index contributed by atoms with van der Waals surface area (Å²) in [5.41, 5.74) is -0.723. The summed E-state index contributed by atoms with van der Waals surface area (Å²) in [5, 5.41) is 9.58. The van der Waals surface area contributed by atoms with E-state index in [0.717, 1.165) is 44.1 Å². The number of halogens is 4. The predicted molar refractivity (Wildman–Crippen MR) is 68.9 cm³/mol. The molecule has 1 unspecified atom stereocenters. The minimum atomic E-state index is -4.45. The maximum absolute atomic E-state index is 13.7. The average molecular weight is 303 g/mol. The molecule has 6 heteroatoms. The number of nitrogens with zero attached hydrogens (tertiary/aromatic N) is 1. The zero-order valence-corrected chi connectivity index (χ0v) is 11.4. The second-order valence-electron chi connectivity index (χ2n) is 6.14. The van der Waals surface area contributed by atoms with Gasteiger partial charge in [-0.1, -0.05) is 0 Å². The molecule has 1 heterocycles. The van der Waals surface area contributed by atoms with Crippen molar-refractivity contribution in [3.63, 3.8) is 0 Å². The number of aliphatic hydroxyl groups is 1. The van der Waals surface area contributed by atoms with Gasteiger partial charge in [0.2, 0.25) is 0 Å². The number of hydrogen-bond donors (Lipinski definition) is 1. The first kappa shape index (κ1) is 14.8. The average Bonchev–Trinajstić information content (AvgIpc) is 2.87. The maximum Gasteiger partial charge on any atom is 0.416 e. The van der Waals surface area contributed by atoms with Crippen molar-refractivity contribution in [2.45, 2.75) is 31.7 Å². The molecule has 0 bridgehead atoms. The topological polar surface area (TPSA) is 23.5 Å². The highest BCUT2D eigenvalue weighted by Gasteiger charge is 2.40. The van der Waals surface area contributed by atoms with Crippen LogP contribution in [-0.4, -0.2) is 29.2 Å². The molecule has 1 N–H and O–H groups in total. The van der Waals surface area contributed by atoms with Crippen LogP contribution >= 0.6 is 0 Å². The number of rotatable bonds is 2. The van der Waals surface area contributed by atoms with Gasteiger partial charge in [0, 0.05) is 25.2 Å². The summed E-state index contributed by atoms with van der Waals surface area (Å²) in [6.45, 7) is 1.63. The van der Waals surface area contributed by atoms with Crippen molar-refractivity contribution < 1.29 is 22.7 Å². The van der Waals surface area contributed by atoms with Gasteiger partial charge in [0.05, 0.1) is 11.7 Å². The molecule has 1 aromatic carbocycles. The summed E-state index contributed by atoms with van der Waals surface area (Å²) in [6.07, 6.45) is -3.22. The van der Waals surface area contributed by atoms with Crippen molar-refractivity contribution >= 4 is 0 Å². The van der Waals surface area contributed by atoms with Crippen LogP contribution in [0.25, 0.3) is 0 Å². The zero-order valence-electron chi connectivity index (χ0n) is 11.4. The third kappa shape index (κ3) is 3.06. The highest BCUT2D eigenvalue weighted by atomic mass is 19.4. The number of hydrogen-bond acceptors (Lipinski definition) is 2. The first-order valence-electron chi connectivity index (χ1n) is 7.09. The Bertz CT molecular complexity index is 517. The molecule has 0 radical (unpaired) electrons. The molecule has 2 nitrogen and oxygen atoms in total. The molecule has 3 rings (SSSR count). The Labute approximate surface area is 120 Å². The lowest BCUT2D eigenvalue weighted by Gasteiger charge is -2.19. The van der Waals surface area contributed by atoms with E-state index >= 15 is 0 Å². The second kappa shape index (κ2) is 5.25. The Kier molecular flexibility index (Phi) is 3.69. The van der Waals surface area contributed by atoms with Crippen LogP contribution in [0.1, 0.15) is 24.0 Å². The molecule has 3 atom stereocenters. The van der Waals surface area contributed by atoms with Crippen LogP contribution in [0.4, 0.5) is 17.6 Å². The van der Waals surface area contributed by atoms with Crippen molar-refractivity contribution in [2.24, 2.45) is 11.8 Å². The standard InChI is InChI=1S/C15H17F4NO/c16-14-2-1-12(15(17,18)19)3-11(14)8-20-6-9-4-13(21)5-10(9)7-20/h1-3,9-10,13,21H,4-8H2/t9-,10+,13?. The van der Waals surface area contributed by atoms with E-state index in [0.29, 0.717) is 11.8 Å². The van der Waals surface area contributed by atoms with Gasteiger partial charge in [0.25, 0.3) is 0 Å². The van der Waals surface area contributed by atoms with Crippen LogP contribution in [0.5, 0.6) is 0 Å². The van der Waals surface area contributed by atoms with Crippen LogP contribution < -0.4 is 0 Å². The predicted octanol–water partition coefficient (Wildman–Crippen LogP) is 3.05. The number of benzene rings is 1. The summed E-state index contributed by atoms with van der Waals surface area (Å²) in [5.74, 6) is 0.169. The first-order chi connectivity index (χ1) is 9.83. The molecule has 2 aliphatic rings. The summed E-state index contributed by atoms with van der Waals surface area (Å²) in [7, 11) is 0. The highest BCUT2D eigenvalue weighted by Crippen LogP contribution is 2.39. The molecule has 1 saturated carbocycles. The van der Waals surface area contributed by atoms with Crippen molar-refractivity contribution in [1.82, 2.24) is 4.90 Å². The summed E-state index contributed by atoms with van der Waals surface area (Å²) in [4.78, 5) is 1.99. The zero-order chi connectivity index (χ0) is 15.2. The van der Waals surface area contributed by atoms with Crippen molar-refractivity contribution in [3.8, 4) is 0 Å². The number of likely N-dealkylation sites (tertiary alicyclic amines) is 1. The van der Waals surface area contributed by atoms with E-state index in [-0.39, 0.29) is 18.2 Å². The second-order valence-corrected chi connectivity index (χ2v) is 6.14. The third-order valence-corrected chi connectivity index (χ3v) is 4.57. The summed E-state index contributed by atoms with van der Waals surface area (Å²) in [6, 6.07) is 2.56. The fraction of sp³-hybridized carbons (Fsp3) is 0.600. The van der Waals surface area contributed by atoms with Crippen LogP contribution in [0.15, 0.2) is 18.2 Å². The lowest BCUT2D eigenvalue weighted by Crippen LogP contribution is -2.23. The molecule has 0 spiro atoms. The van der Waals surface area contributed by atoms with Gasteiger partial charge in [-0.15, -0.1) is 0 Å². The largest absolute Gasteiger partial charge is 0.416 e. The molecule has 1 saturated heterocycles. The molecule has 1 aliphatic carbocycles. The Morgan fingerprint density at radius 3 is 2.33 bits per heavy atom. The summed E-state index contributed by atoms with van der Waals surface area (Å²) < 4.78 is 51.8. The van der Waals surface area contributed by atoms with E-state index < -0.39 is 17.6 Å². The lowest BCUT2D eigenvalue weighted by atomic mass is 10.0. The van der Waals surface area contributed by atoms with Crippen LogP contribution in [0.3, 0.4) is 0 Å². The monoisotopic (exact) mass is 303 g/mol. The number of fused-ring (bicyclic) bond motifs is 1. The highest BCUT2D eigenvalue weighted by molar-refractivity contribution is 5.27. The minimum Gasteiger partial charge on any atom is -0.393 e. The quantitative estimate of drug-likeness (QED) is 0.849. The van der Waals surface area contributed by atoms with Crippen molar-refractivity contribution in [2.75, 3.05) is 13.1 Å². The number of aliphatic hydroxyl groups excluding tert-OH is 1.